The van der Waals surface area contributed by atoms with Gasteiger partial charge in [0.15, 0.2) is 6.29 Å². The Hall–Kier alpha value is -1.58. The van der Waals surface area contributed by atoms with Crippen molar-refractivity contribution in [3.63, 3.8) is 0 Å². The van der Waals surface area contributed by atoms with Crippen molar-refractivity contribution in [2.45, 2.75) is 61.4 Å². The number of benzene rings is 1. The van der Waals surface area contributed by atoms with Crippen LogP contribution in [0.2, 0.25) is 0 Å². The molecule has 2 heterocycles. The molecule has 0 saturated carbocycles. The molecule has 2 aliphatic heterocycles. The van der Waals surface area contributed by atoms with Crippen LogP contribution in [0.15, 0.2) is 24.3 Å². The Balaban J connectivity index is 1.70. The van der Waals surface area contributed by atoms with Crippen LogP contribution in [0.5, 0.6) is 11.5 Å². The fraction of sp³-hybridized carbons (Fsp3) is 0.684. The molecule has 12 nitrogen and oxygen atoms in total. The van der Waals surface area contributed by atoms with Crippen LogP contribution in [-0.4, -0.2) is 117 Å². The highest BCUT2D eigenvalue weighted by Gasteiger charge is 2.51. The van der Waals surface area contributed by atoms with Gasteiger partial charge in [-0.05, 0) is 24.3 Å². The Kier molecular flexibility index (Phi) is 8.04. The van der Waals surface area contributed by atoms with Crippen molar-refractivity contribution in [2.24, 2.45) is 0 Å². The van der Waals surface area contributed by atoms with Crippen LogP contribution in [0.3, 0.4) is 0 Å². The van der Waals surface area contributed by atoms with Crippen LogP contribution in [0.1, 0.15) is 0 Å². The van der Waals surface area contributed by atoms with Crippen LogP contribution in [-0.2, 0) is 14.2 Å². The van der Waals surface area contributed by atoms with Crippen molar-refractivity contribution >= 4 is 0 Å². The number of aliphatic hydroxyl groups is 7. The zero-order valence-corrected chi connectivity index (χ0v) is 16.7. The normalized spacial score (nSPS) is 41.0. The smallest absolute Gasteiger partial charge is 0.229 e. The molecule has 2 fully saturated rings. The lowest BCUT2D eigenvalue weighted by Gasteiger charge is -2.45. The van der Waals surface area contributed by atoms with Gasteiger partial charge in [-0.15, -0.1) is 0 Å². The summed E-state index contributed by atoms with van der Waals surface area (Å²) in [6.07, 6.45) is -15.0. The minimum absolute atomic E-state index is 0.307. The van der Waals surface area contributed by atoms with Crippen molar-refractivity contribution in [1.29, 1.82) is 0 Å². The highest BCUT2D eigenvalue weighted by molar-refractivity contribution is 5.31. The summed E-state index contributed by atoms with van der Waals surface area (Å²) >= 11 is 0. The van der Waals surface area contributed by atoms with Crippen molar-refractivity contribution in [3.8, 4) is 11.5 Å². The predicted molar refractivity (Wildman–Crippen MR) is 100 cm³/mol. The molecule has 0 aromatic heterocycles. The van der Waals surface area contributed by atoms with Gasteiger partial charge in [0.2, 0.25) is 6.29 Å². The zero-order chi connectivity index (χ0) is 22.7. The van der Waals surface area contributed by atoms with Crippen LogP contribution in [0.25, 0.3) is 0 Å². The van der Waals surface area contributed by atoms with E-state index in [0.29, 0.717) is 11.5 Å². The first-order valence-electron chi connectivity index (χ1n) is 9.69. The van der Waals surface area contributed by atoms with E-state index in [2.05, 4.69) is 0 Å². The van der Waals surface area contributed by atoms with Gasteiger partial charge in [-0.1, -0.05) is 0 Å². The maximum atomic E-state index is 10.6. The van der Waals surface area contributed by atoms with Gasteiger partial charge in [0, 0.05) is 0 Å². The maximum absolute atomic E-state index is 10.6. The van der Waals surface area contributed by atoms with Gasteiger partial charge in [0.25, 0.3) is 0 Å². The standard InChI is InChI=1S/C19H28O12/c1-27-8-2-4-9(5-3-8)28-18-16(26)14(24)17(11(7-21)30-18)31-19-15(25)13(23)12(22)10(6-20)29-19/h2-5,10-26H,6-7H2,1H3/t10-,11-,12-,13+,14-,15-,16-,17-,18-,19+/m1/s1. The van der Waals surface area contributed by atoms with Gasteiger partial charge in [-0.3, -0.25) is 0 Å². The fourth-order valence-corrected chi connectivity index (χ4v) is 3.44. The third-order valence-electron chi connectivity index (χ3n) is 5.27. The number of methoxy groups -OCH3 is 1. The van der Waals surface area contributed by atoms with E-state index in [9.17, 15) is 35.7 Å². The first-order valence-corrected chi connectivity index (χ1v) is 9.69. The topological polar surface area (TPSA) is 188 Å². The Morgan fingerprint density at radius 2 is 1.26 bits per heavy atom. The SMILES string of the molecule is COc1ccc(O[C@@H]2O[C@H](CO)[C@@H](O[C@@H]3O[C@H](CO)[C@@H](O)[C@H](O)[C@H]3O)[C@H](O)[C@H]2O)cc1. The fourth-order valence-electron chi connectivity index (χ4n) is 3.44. The van der Waals surface area contributed by atoms with Crippen LogP contribution in [0.4, 0.5) is 0 Å². The second-order valence-corrected chi connectivity index (χ2v) is 7.30. The number of hydrogen-bond donors (Lipinski definition) is 7. The minimum Gasteiger partial charge on any atom is -0.497 e. The average molecular weight is 448 g/mol. The summed E-state index contributed by atoms with van der Waals surface area (Å²) in [6.45, 7) is -1.31. The number of ether oxygens (including phenoxy) is 5. The number of aliphatic hydroxyl groups excluding tert-OH is 7. The molecule has 2 saturated heterocycles. The quantitative estimate of drug-likeness (QED) is 0.220. The highest BCUT2D eigenvalue weighted by Crippen LogP contribution is 2.30. The van der Waals surface area contributed by atoms with E-state index in [1.165, 1.54) is 7.11 Å². The Bertz CT molecular complexity index is 683. The Labute approximate surface area is 177 Å². The highest BCUT2D eigenvalue weighted by atomic mass is 16.7. The van der Waals surface area contributed by atoms with Gasteiger partial charge in [-0.2, -0.15) is 0 Å². The lowest BCUT2D eigenvalue weighted by atomic mass is 9.97. The molecule has 3 rings (SSSR count). The largest absolute Gasteiger partial charge is 0.497 e. The lowest BCUT2D eigenvalue weighted by Crippen LogP contribution is -2.65. The molecular formula is C19H28O12. The summed E-state index contributed by atoms with van der Waals surface area (Å²) in [5.74, 6) is 0.890. The summed E-state index contributed by atoms with van der Waals surface area (Å²) in [5.41, 5.74) is 0. The zero-order valence-electron chi connectivity index (χ0n) is 16.7. The molecule has 2 aliphatic rings. The van der Waals surface area contributed by atoms with E-state index in [-0.39, 0.29) is 0 Å². The molecule has 12 heteroatoms. The third-order valence-corrected chi connectivity index (χ3v) is 5.27. The molecule has 176 valence electrons. The second-order valence-electron chi connectivity index (χ2n) is 7.30. The van der Waals surface area contributed by atoms with Crippen molar-refractivity contribution in [2.75, 3.05) is 20.3 Å². The molecule has 0 radical (unpaired) electrons. The average Bonchev–Trinajstić information content (AvgIpc) is 2.79. The van der Waals surface area contributed by atoms with E-state index >= 15 is 0 Å². The summed E-state index contributed by atoms with van der Waals surface area (Å²) in [4.78, 5) is 0. The Morgan fingerprint density at radius 1 is 0.710 bits per heavy atom. The van der Waals surface area contributed by atoms with Crippen LogP contribution >= 0.6 is 0 Å². The molecule has 7 N–H and O–H groups in total. The second kappa shape index (κ2) is 10.4. The molecule has 0 bridgehead atoms. The van der Waals surface area contributed by atoms with Crippen molar-refractivity contribution < 1.29 is 59.4 Å². The van der Waals surface area contributed by atoms with Crippen molar-refractivity contribution in [1.82, 2.24) is 0 Å². The van der Waals surface area contributed by atoms with Crippen LogP contribution in [0, 0.1) is 0 Å². The number of hydrogen-bond acceptors (Lipinski definition) is 12. The van der Waals surface area contributed by atoms with Gasteiger partial charge in [-0.25, -0.2) is 0 Å². The molecule has 31 heavy (non-hydrogen) atoms. The first kappa shape index (κ1) is 24.1. The summed E-state index contributed by atoms with van der Waals surface area (Å²) in [6, 6.07) is 6.36. The summed E-state index contributed by atoms with van der Waals surface area (Å²) in [7, 11) is 1.50. The van der Waals surface area contributed by atoms with E-state index in [1.807, 2.05) is 0 Å². The van der Waals surface area contributed by atoms with Gasteiger partial charge < -0.3 is 59.4 Å². The van der Waals surface area contributed by atoms with Crippen LogP contribution < -0.4 is 9.47 Å². The molecule has 0 amide bonds. The lowest BCUT2D eigenvalue weighted by molar-refractivity contribution is -0.352. The third kappa shape index (κ3) is 5.09. The summed E-state index contributed by atoms with van der Waals surface area (Å²) < 4.78 is 26.9. The molecule has 1 aromatic rings. The van der Waals surface area contributed by atoms with Gasteiger partial charge >= 0.3 is 0 Å². The molecule has 0 aliphatic carbocycles. The Morgan fingerprint density at radius 3 is 1.84 bits per heavy atom. The molecule has 0 spiro atoms. The predicted octanol–water partition coefficient (Wildman–Crippen LogP) is -3.30. The summed E-state index contributed by atoms with van der Waals surface area (Å²) in [5, 5.41) is 69.9. The van der Waals surface area contributed by atoms with Gasteiger partial charge in [0.05, 0.1) is 20.3 Å². The van der Waals surface area contributed by atoms with Crippen molar-refractivity contribution in [3.05, 3.63) is 24.3 Å². The molecule has 0 unspecified atom stereocenters. The minimum atomic E-state index is -1.73. The molecular weight excluding hydrogens is 420 g/mol. The number of rotatable bonds is 7. The van der Waals surface area contributed by atoms with E-state index in [4.69, 9.17) is 23.7 Å². The molecule has 1 aromatic carbocycles. The first-order chi connectivity index (χ1) is 14.8. The monoisotopic (exact) mass is 448 g/mol. The van der Waals surface area contributed by atoms with E-state index in [1.54, 1.807) is 24.3 Å². The van der Waals surface area contributed by atoms with Gasteiger partial charge in [0.1, 0.15) is 60.3 Å². The maximum Gasteiger partial charge on any atom is 0.229 e. The van der Waals surface area contributed by atoms with E-state index < -0.39 is 74.6 Å². The van der Waals surface area contributed by atoms with E-state index in [0.717, 1.165) is 0 Å². The molecule has 10 atom stereocenters.